The molecule has 3 atom stereocenters. The lowest BCUT2D eigenvalue weighted by molar-refractivity contribution is -0.0498. The van der Waals surface area contributed by atoms with Gasteiger partial charge in [-0.3, -0.25) is 9.89 Å². The van der Waals surface area contributed by atoms with Gasteiger partial charge in [0.05, 0.1) is 25.9 Å². The van der Waals surface area contributed by atoms with Gasteiger partial charge in [0.15, 0.2) is 5.96 Å². The monoisotopic (exact) mass is 542 g/mol. The van der Waals surface area contributed by atoms with E-state index in [1.54, 1.807) is 12.1 Å². The van der Waals surface area contributed by atoms with Crippen LogP contribution in [0.15, 0.2) is 29.3 Å². The third-order valence-electron chi connectivity index (χ3n) is 4.80. The number of ether oxygens (including phenoxy) is 2. The third-order valence-corrected chi connectivity index (χ3v) is 4.80. The Hall–Kier alpha value is -1.24. The van der Waals surface area contributed by atoms with E-state index in [9.17, 15) is 13.9 Å². The largest absolute Gasteiger partial charge is 0.435 e. The number of rotatable bonds is 9. The van der Waals surface area contributed by atoms with Crippen LogP contribution in [0.3, 0.4) is 0 Å². The predicted octanol–water partition coefficient (Wildman–Crippen LogP) is 2.60. The van der Waals surface area contributed by atoms with Crippen molar-refractivity contribution in [2.24, 2.45) is 4.99 Å². The van der Waals surface area contributed by atoms with Gasteiger partial charge >= 0.3 is 6.61 Å². The molecular weight excluding hydrogens is 509 g/mol. The molecule has 0 bridgehead atoms. The Bertz CT molecular complexity index is 637. The number of aliphatic imine (C=N–C) groups is 1. The van der Waals surface area contributed by atoms with Crippen LogP contribution in [0, 0.1) is 0 Å². The van der Waals surface area contributed by atoms with E-state index in [-0.39, 0.29) is 42.3 Å². The average Bonchev–Trinajstić information content (AvgIpc) is 2.70. The fourth-order valence-corrected chi connectivity index (χ4v) is 3.25. The van der Waals surface area contributed by atoms with E-state index in [0.717, 1.165) is 19.8 Å². The molecule has 1 aromatic rings. The SMILES string of the molecule is CCNC(=NCC(C)N1CCOCC1C)NCC(O)c1ccc(OC(F)F)cc1.I. The summed E-state index contributed by atoms with van der Waals surface area (Å²) in [5.41, 5.74) is 0.602. The maximum Gasteiger partial charge on any atom is 0.387 e. The van der Waals surface area contributed by atoms with Crippen LogP contribution in [-0.2, 0) is 4.74 Å². The molecular formula is C20H33F2IN4O3. The van der Waals surface area contributed by atoms with Gasteiger partial charge in [0.25, 0.3) is 0 Å². The van der Waals surface area contributed by atoms with E-state index in [1.807, 2.05) is 6.92 Å². The minimum Gasteiger partial charge on any atom is -0.435 e. The summed E-state index contributed by atoms with van der Waals surface area (Å²) in [6.45, 7) is 7.33. The van der Waals surface area contributed by atoms with Crippen molar-refractivity contribution in [3.8, 4) is 5.75 Å². The summed E-state index contributed by atoms with van der Waals surface area (Å²) in [5, 5.41) is 16.7. The smallest absolute Gasteiger partial charge is 0.387 e. The van der Waals surface area contributed by atoms with Gasteiger partial charge in [-0.1, -0.05) is 12.1 Å². The minimum absolute atomic E-state index is 0. The first-order valence-electron chi connectivity index (χ1n) is 9.99. The Morgan fingerprint density at radius 1 is 1.33 bits per heavy atom. The molecule has 1 aliphatic rings. The number of morpholine rings is 1. The standard InChI is InChI=1S/C20H32F2N4O3.HI/c1-4-23-20(24-11-14(2)26-9-10-28-13-15(26)3)25-12-18(27)16-5-7-17(8-6-16)29-19(21)22;/h5-8,14-15,18-19,27H,4,9-13H2,1-3H3,(H2,23,24,25);1H. The first-order chi connectivity index (χ1) is 13.9. The summed E-state index contributed by atoms with van der Waals surface area (Å²) in [4.78, 5) is 7.02. The van der Waals surface area contributed by atoms with Crippen LogP contribution in [0.5, 0.6) is 5.75 Å². The molecule has 172 valence electrons. The van der Waals surface area contributed by atoms with E-state index in [4.69, 9.17) is 4.74 Å². The van der Waals surface area contributed by atoms with Gasteiger partial charge in [-0.15, -0.1) is 24.0 Å². The van der Waals surface area contributed by atoms with Crippen LogP contribution >= 0.6 is 24.0 Å². The Balaban J connectivity index is 0.00000450. The van der Waals surface area contributed by atoms with Crippen LogP contribution in [0.2, 0.25) is 0 Å². The molecule has 0 aliphatic carbocycles. The highest BCUT2D eigenvalue weighted by molar-refractivity contribution is 14.0. The number of guanidine groups is 1. The lowest BCUT2D eigenvalue weighted by atomic mass is 10.1. The molecule has 7 nitrogen and oxygen atoms in total. The predicted molar refractivity (Wildman–Crippen MR) is 124 cm³/mol. The zero-order chi connectivity index (χ0) is 21.2. The number of aliphatic hydroxyl groups excluding tert-OH is 1. The Morgan fingerprint density at radius 3 is 2.63 bits per heavy atom. The molecule has 0 radical (unpaired) electrons. The third kappa shape index (κ3) is 8.86. The zero-order valence-electron chi connectivity index (χ0n) is 17.7. The molecule has 30 heavy (non-hydrogen) atoms. The number of hydrogen-bond acceptors (Lipinski definition) is 5. The van der Waals surface area contributed by atoms with Gasteiger partial charge in [-0.05, 0) is 38.5 Å². The number of benzene rings is 1. The molecule has 3 N–H and O–H groups in total. The van der Waals surface area contributed by atoms with Crippen LogP contribution in [0.25, 0.3) is 0 Å². The first kappa shape index (κ1) is 26.8. The van der Waals surface area contributed by atoms with Gasteiger partial charge in [0.2, 0.25) is 0 Å². The van der Waals surface area contributed by atoms with Crippen LogP contribution in [0.1, 0.15) is 32.4 Å². The first-order valence-corrected chi connectivity index (χ1v) is 9.99. The number of alkyl halides is 2. The molecule has 1 fully saturated rings. The summed E-state index contributed by atoms with van der Waals surface area (Å²) in [6.07, 6.45) is -0.809. The Kier molecular flexibility index (Phi) is 12.5. The van der Waals surface area contributed by atoms with Crippen molar-refractivity contribution in [3.05, 3.63) is 29.8 Å². The summed E-state index contributed by atoms with van der Waals surface area (Å²) in [7, 11) is 0. The lowest BCUT2D eigenvalue weighted by Gasteiger charge is -2.37. The van der Waals surface area contributed by atoms with E-state index in [0.29, 0.717) is 30.7 Å². The maximum absolute atomic E-state index is 12.2. The van der Waals surface area contributed by atoms with Gasteiger partial charge in [-0.25, -0.2) is 0 Å². The second-order valence-corrected chi connectivity index (χ2v) is 7.07. The molecule has 1 heterocycles. The second kappa shape index (κ2) is 13.9. The van der Waals surface area contributed by atoms with E-state index < -0.39 is 12.7 Å². The number of hydrogen-bond donors (Lipinski definition) is 3. The normalized spacial score (nSPS) is 19.7. The molecule has 1 aliphatic heterocycles. The second-order valence-electron chi connectivity index (χ2n) is 7.07. The van der Waals surface area contributed by atoms with Gasteiger partial charge < -0.3 is 25.2 Å². The molecule has 3 unspecified atom stereocenters. The Morgan fingerprint density at radius 2 is 2.03 bits per heavy atom. The topological polar surface area (TPSA) is 78.4 Å². The van der Waals surface area contributed by atoms with Crippen LogP contribution in [0.4, 0.5) is 8.78 Å². The maximum atomic E-state index is 12.2. The number of halogens is 3. The molecule has 0 aromatic heterocycles. The average molecular weight is 542 g/mol. The summed E-state index contributed by atoms with van der Waals surface area (Å²) >= 11 is 0. The fourth-order valence-electron chi connectivity index (χ4n) is 3.25. The van der Waals surface area contributed by atoms with E-state index in [1.165, 1.54) is 12.1 Å². The van der Waals surface area contributed by atoms with Gasteiger partial charge in [-0.2, -0.15) is 8.78 Å². The molecule has 0 amide bonds. The van der Waals surface area contributed by atoms with Crippen molar-refractivity contribution in [1.29, 1.82) is 0 Å². The minimum atomic E-state index is -2.87. The number of nitrogens with one attached hydrogen (secondary N) is 2. The van der Waals surface area contributed by atoms with Crippen molar-refractivity contribution >= 4 is 29.9 Å². The fraction of sp³-hybridized carbons (Fsp3) is 0.650. The summed E-state index contributed by atoms with van der Waals surface area (Å²) in [5.74, 6) is 0.683. The molecule has 1 saturated heterocycles. The molecule has 0 saturated carbocycles. The van der Waals surface area contributed by atoms with Crippen molar-refractivity contribution in [3.63, 3.8) is 0 Å². The number of nitrogens with zero attached hydrogens (tertiary/aromatic N) is 2. The Labute approximate surface area is 194 Å². The number of aliphatic hydroxyl groups is 1. The van der Waals surface area contributed by atoms with E-state index >= 15 is 0 Å². The quantitative estimate of drug-likeness (QED) is 0.253. The van der Waals surface area contributed by atoms with Crippen LogP contribution < -0.4 is 15.4 Å². The van der Waals surface area contributed by atoms with Crippen LogP contribution in [-0.4, -0.2) is 74.1 Å². The van der Waals surface area contributed by atoms with Crippen molar-refractivity contribution in [2.75, 3.05) is 39.4 Å². The highest BCUT2D eigenvalue weighted by Crippen LogP contribution is 2.19. The molecule has 10 heteroatoms. The highest BCUT2D eigenvalue weighted by Gasteiger charge is 2.23. The highest BCUT2D eigenvalue weighted by atomic mass is 127. The lowest BCUT2D eigenvalue weighted by Crippen LogP contribution is -2.49. The van der Waals surface area contributed by atoms with Gasteiger partial charge in [0.1, 0.15) is 5.75 Å². The van der Waals surface area contributed by atoms with Crippen molar-refractivity contribution in [1.82, 2.24) is 15.5 Å². The summed E-state index contributed by atoms with van der Waals surface area (Å²) in [6, 6.07) is 6.59. The molecule has 1 aromatic carbocycles. The van der Waals surface area contributed by atoms with Crippen molar-refractivity contribution in [2.45, 2.75) is 45.6 Å². The molecule has 2 rings (SSSR count). The zero-order valence-corrected chi connectivity index (χ0v) is 20.0. The summed E-state index contributed by atoms with van der Waals surface area (Å²) < 4.78 is 34.2. The molecule has 0 spiro atoms. The van der Waals surface area contributed by atoms with Gasteiger partial charge in [0, 0.05) is 31.7 Å². The van der Waals surface area contributed by atoms with E-state index in [2.05, 4.69) is 39.1 Å². The van der Waals surface area contributed by atoms with Crippen molar-refractivity contribution < 1.29 is 23.4 Å².